The van der Waals surface area contributed by atoms with Crippen molar-refractivity contribution in [1.29, 1.82) is 0 Å². The minimum atomic E-state index is -0.0727. The van der Waals surface area contributed by atoms with Gasteiger partial charge in [0.1, 0.15) is 0 Å². The number of anilines is 1. The molecule has 4 nitrogen and oxygen atoms in total. The number of thioether (sulfide) groups is 1. The number of hydrogen-bond acceptors (Lipinski definition) is 3. The fourth-order valence-electron chi connectivity index (χ4n) is 1.63. The van der Waals surface area contributed by atoms with E-state index in [0.717, 1.165) is 18.7 Å². The van der Waals surface area contributed by atoms with E-state index < -0.39 is 0 Å². The lowest BCUT2D eigenvalue weighted by atomic mass is 10.3. The van der Waals surface area contributed by atoms with Crippen molar-refractivity contribution in [2.75, 3.05) is 17.6 Å². The third-order valence-corrected chi connectivity index (χ3v) is 3.75. The molecule has 0 saturated carbocycles. The largest absolute Gasteiger partial charge is 0.355 e. The molecule has 0 aromatic heterocycles. The lowest BCUT2D eigenvalue weighted by Crippen LogP contribution is -2.23. The quantitative estimate of drug-likeness (QED) is 0.845. The van der Waals surface area contributed by atoms with E-state index in [1.165, 1.54) is 11.8 Å². The Balaban J connectivity index is 1.76. The number of rotatable bonds is 4. The van der Waals surface area contributed by atoms with Crippen LogP contribution in [-0.2, 0) is 9.59 Å². The summed E-state index contributed by atoms with van der Waals surface area (Å²) in [6.45, 7) is 0.719. The Morgan fingerprint density at radius 3 is 2.82 bits per heavy atom. The predicted octanol–water partition coefficient (Wildman–Crippen LogP) is 1.25. The Bertz CT molecular complexity index is 408. The smallest absolute Gasteiger partial charge is 0.234 e. The van der Waals surface area contributed by atoms with Gasteiger partial charge in [-0.2, -0.15) is 0 Å². The van der Waals surface area contributed by atoms with Crippen LogP contribution in [0, 0.1) is 0 Å². The first-order valence-corrected chi connectivity index (χ1v) is 6.55. The zero-order valence-corrected chi connectivity index (χ0v) is 10.1. The van der Waals surface area contributed by atoms with Crippen molar-refractivity contribution in [3.8, 4) is 0 Å². The van der Waals surface area contributed by atoms with Gasteiger partial charge in [0.05, 0.1) is 11.0 Å². The zero-order chi connectivity index (χ0) is 12.1. The normalized spacial score (nSPS) is 18.8. The standard InChI is InChI=1S/C12H14N2O2S/c15-11(14-9-4-2-1-3-5-9)8-17-10-6-7-13-12(10)16/h1-5,10H,6-8H2,(H,13,16)(H,14,15)/t10-/m1/s1. The zero-order valence-electron chi connectivity index (χ0n) is 9.31. The molecular weight excluding hydrogens is 236 g/mol. The number of amides is 2. The number of carbonyl (C=O) groups is 2. The summed E-state index contributed by atoms with van der Waals surface area (Å²) in [4.78, 5) is 22.9. The molecule has 5 heteroatoms. The molecule has 1 aliphatic heterocycles. The second kappa shape index (κ2) is 5.72. The fourth-order valence-corrected chi connectivity index (χ4v) is 2.57. The van der Waals surface area contributed by atoms with E-state index in [9.17, 15) is 9.59 Å². The molecule has 2 N–H and O–H groups in total. The number of carbonyl (C=O) groups excluding carboxylic acids is 2. The predicted molar refractivity (Wildman–Crippen MR) is 68.9 cm³/mol. The first-order chi connectivity index (χ1) is 8.25. The van der Waals surface area contributed by atoms with Crippen LogP contribution in [0.3, 0.4) is 0 Å². The topological polar surface area (TPSA) is 58.2 Å². The second-order valence-corrected chi connectivity index (χ2v) is 4.98. The van der Waals surface area contributed by atoms with Crippen molar-refractivity contribution < 1.29 is 9.59 Å². The van der Waals surface area contributed by atoms with E-state index in [1.807, 2.05) is 30.3 Å². The summed E-state index contributed by atoms with van der Waals surface area (Å²) in [6.07, 6.45) is 0.808. The maximum Gasteiger partial charge on any atom is 0.234 e. The third kappa shape index (κ3) is 3.49. The lowest BCUT2D eigenvalue weighted by molar-refractivity contribution is -0.118. The van der Waals surface area contributed by atoms with Crippen molar-refractivity contribution in [2.45, 2.75) is 11.7 Å². The van der Waals surface area contributed by atoms with Crippen LogP contribution in [0.4, 0.5) is 5.69 Å². The average molecular weight is 250 g/mol. The molecule has 1 heterocycles. The van der Waals surface area contributed by atoms with Gasteiger partial charge in [0, 0.05) is 12.2 Å². The Hall–Kier alpha value is -1.49. The Kier molecular flexibility index (Phi) is 4.03. The van der Waals surface area contributed by atoms with Crippen molar-refractivity contribution in [2.24, 2.45) is 0 Å². The van der Waals surface area contributed by atoms with E-state index in [4.69, 9.17) is 0 Å². The van der Waals surface area contributed by atoms with Crippen molar-refractivity contribution in [1.82, 2.24) is 5.32 Å². The molecule has 0 spiro atoms. The van der Waals surface area contributed by atoms with Crippen LogP contribution in [0.5, 0.6) is 0 Å². The molecule has 1 atom stereocenters. The molecule has 0 radical (unpaired) electrons. The van der Waals surface area contributed by atoms with Crippen LogP contribution < -0.4 is 10.6 Å². The van der Waals surface area contributed by atoms with Gasteiger partial charge < -0.3 is 10.6 Å². The van der Waals surface area contributed by atoms with Crippen LogP contribution in [0.2, 0.25) is 0 Å². The summed E-state index contributed by atoms with van der Waals surface area (Å²) < 4.78 is 0. The minimum absolute atomic E-state index is 0.0440. The Morgan fingerprint density at radius 2 is 2.18 bits per heavy atom. The molecule has 90 valence electrons. The molecule has 0 bridgehead atoms. The molecular formula is C12H14N2O2S. The summed E-state index contributed by atoms with van der Waals surface area (Å²) in [6, 6.07) is 9.31. The second-order valence-electron chi connectivity index (χ2n) is 3.79. The van der Waals surface area contributed by atoms with Gasteiger partial charge in [-0.25, -0.2) is 0 Å². The molecule has 1 aliphatic rings. The van der Waals surface area contributed by atoms with Crippen LogP contribution >= 0.6 is 11.8 Å². The van der Waals surface area contributed by atoms with Crippen molar-refractivity contribution in [3.63, 3.8) is 0 Å². The summed E-state index contributed by atoms with van der Waals surface area (Å²) in [7, 11) is 0. The van der Waals surface area contributed by atoms with Gasteiger partial charge in [-0.05, 0) is 18.6 Å². The molecule has 0 aliphatic carbocycles. The SMILES string of the molecule is O=C(CS[C@@H]1CCNC1=O)Nc1ccccc1. The monoisotopic (exact) mass is 250 g/mol. The van der Waals surface area contributed by atoms with E-state index >= 15 is 0 Å². The number of para-hydroxylation sites is 1. The maximum absolute atomic E-state index is 11.6. The minimum Gasteiger partial charge on any atom is -0.355 e. The van der Waals surface area contributed by atoms with Crippen molar-refractivity contribution in [3.05, 3.63) is 30.3 Å². The summed E-state index contributed by atoms with van der Waals surface area (Å²) >= 11 is 1.40. The molecule has 1 saturated heterocycles. The van der Waals surface area contributed by atoms with Crippen molar-refractivity contribution >= 4 is 29.3 Å². The van der Waals surface area contributed by atoms with Gasteiger partial charge in [-0.15, -0.1) is 11.8 Å². The number of hydrogen-bond donors (Lipinski definition) is 2. The highest BCUT2D eigenvalue weighted by molar-refractivity contribution is 8.01. The summed E-state index contributed by atoms with van der Waals surface area (Å²) in [5.41, 5.74) is 0.786. The van der Waals surface area contributed by atoms with Gasteiger partial charge in [-0.1, -0.05) is 18.2 Å². The molecule has 2 rings (SSSR count). The highest BCUT2D eigenvalue weighted by Gasteiger charge is 2.24. The maximum atomic E-state index is 11.6. The highest BCUT2D eigenvalue weighted by atomic mass is 32.2. The van der Waals surface area contributed by atoms with E-state index in [1.54, 1.807) is 0 Å². The molecule has 17 heavy (non-hydrogen) atoms. The molecule has 2 amide bonds. The van der Waals surface area contributed by atoms with Crippen LogP contribution in [-0.4, -0.2) is 29.4 Å². The Labute approximate surface area is 104 Å². The fraction of sp³-hybridized carbons (Fsp3) is 0.333. The highest BCUT2D eigenvalue weighted by Crippen LogP contribution is 2.18. The average Bonchev–Trinajstić information content (AvgIpc) is 2.74. The van der Waals surface area contributed by atoms with Gasteiger partial charge in [0.2, 0.25) is 11.8 Å². The Morgan fingerprint density at radius 1 is 1.41 bits per heavy atom. The third-order valence-electron chi connectivity index (χ3n) is 2.47. The number of benzene rings is 1. The molecule has 1 aromatic carbocycles. The van der Waals surface area contributed by atoms with Crippen LogP contribution in [0.1, 0.15) is 6.42 Å². The molecule has 1 fully saturated rings. The van der Waals surface area contributed by atoms with E-state index in [-0.39, 0.29) is 17.1 Å². The molecule has 1 aromatic rings. The first-order valence-electron chi connectivity index (χ1n) is 5.50. The van der Waals surface area contributed by atoms with Crippen LogP contribution in [0.25, 0.3) is 0 Å². The lowest BCUT2D eigenvalue weighted by Gasteiger charge is -2.07. The van der Waals surface area contributed by atoms with Gasteiger partial charge in [0.25, 0.3) is 0 Å². The van der Waals surface area contributed by atoms with Crippen LogP contribution in [0.15, 0.2) is 30.3 Å². The first kappa shape index (κ1) is 12.0. The van der Waals surface area contributed by atoms with Gasteiger partial charge in [0.15, 0.2) is 0 Å². The summed E-state index contributed by atoms with van der Waals surface area (Å²) in [5, 5.41) is 5.47. The number of nitrogens with one attached hydrogen (secondary N) is 2. The van der Waals surface area contributed by atoms with Gasteiger partial charge in [-0.3, -0.25) is 9.59 Å². The van der Waals surface area contributed by atoms with Gasteiger partial charge >= 0.3 is 0 Å². The van der Waals surface area contributed by atoms with E-state index in [0.29, 0.717) is 5.75 Å². The summed E-state index contributed by atoms with van der Waals surface area (Å²) in [5.74, 6) is 0.288. The molecule has 0 unspecified atom stereocenters. The van der Waals surface area contributed by atoms with E-state index in [2.05, 4.69) is 10.6 Å².